The van der Waals surface area contributed by atoms with Crippen LogP contribution in [0.4, 0.5) is 5.69 Å². The number of anilines is 1. The van der Waals surface area contributed by atoms with E-state index in [0.717, 1.165) is 16.3 Å². The second kappa shape index (κ2) is 9.01. The summed E-state index contributed by atoms with van der Waals surface area (Å²) < 4.78 is 4.87. The summed E-state index contributed by atoms with van der Waals surface area (Å²) in [5, 5.41) is 7.55. The molecule has 2 N–H and O–H groups in total. The molecule has 3 rings (SSSR count). The third kappa shape index (κ3) is 5.19. The second-order valence-corrected chi connectivity index (χ2v) is 6.69. The number of methoxy groups -OCH3 is 1. The predicted molar refractivity (Wildman–Crippen MR) is 112 cm³/mol. The number of benzene rings is 3. The van der Waals surface area contributed by atoms with Gasteiger partial charge in [-0.15, -0.1) is 0 Å². The molecule has 1 atom stereocenters. The Hall–Kier alpha value is -3.67. The van der Waals surface area contributed by atoms with E-state index in [4.69, 9.17) is 4.74 Å². The Morgan fingerprint density at radius 3 is 2.28 bits per heavy atom. The Kier molecular flexibility index (Phi) is 6.24. The van der Waals surface area contributed by atoms with Gasteiger partial charge in [0, 0.05) is 24.6 Å². The summed E-state index contributed by atoms with van der Waals surface area (Å²) in [6.45, 7) is 1.41. The van der Waals surface area contributed by atoms with Crippen LogP contribution in [0.1, 0.15) is 22.8 Å². The number of amides is 2. The van der Waals surface area contributed by atoms with Crippen molar-refractivity contribution in [2.24, 2.45) is 0 Å². The van der Waals surface area contributed by atoms with Gasteiger partial charge in [0.25, 0.3) is 5.91 Å². The van der Waals surface area contributed by atoms with Crippen molar-refractivity contribution in [1.82, 2.24) is 5.32 Å². The smallest absolute Gasteiger partial charge is 0.328 e. The second-order valence-electron chi connectivity index (χ2n) is 6.69. The van der Waals surface area contributed by atoms with Gasteiger partial charge in [-0.25, -0.2) is 4.79 Å². The van der Waals surface area contributed by atoms with Gasteiger partial charge < -0.3 is 15.4 Å². The first-order valence-corrected chi connectivity index (χ1v) is 9.20. The van der Waals surface area contributed by atoms with Crippen LogP contribution in [0.3, 0.4) is 0 Å². The third-order valence-electron chi connectivity index (χ3n) is 4.51. The maximum atomic E-state index is 12.6. The van der Waals surface area contributed by atoms with Crippen LogP contribution in [0.15, 0.2) is 66.7 Å². The summed E-state index contributed by atoms with van der Waals surface area (Å²) in [6, 6.07) is 19.5. The van der Waals surface area contributed by atoms with Gasteiger partial charge in [0.15, 0.2) is 0 Å². The highest BCUT2D eigenvalue weighted by molar-refractivity contribution is 5.97. The van der Waals surface area contributed by atoms with Crippen molar-refractivity contribution in [1.29, 1.82) is 0 Å². The summed E-state index contributed by atoms with van der Waals surface area (Å²) in [5.41, 5.74) is 1.89. The molecule has 0 bridgehead atoms. The van der Waals surface area contributed by atoms with Crippen molar-refractivity contribution in [3.8, 4) is 0 Å². The van der Waals surface area contributed by atoms with Crippen molar-refractivity contribution in [2.45, 2.75) is 19.4 Å². The molecule has 0 aliphatic heterocycles. The first-order chi connectivity index (χ1) is 14.0. The fraction of sp³-hybridized carbons (Fsp3) is 0.174. The lowest BCUT2D eigenvalue weighted by Gasteiger charge is -2.17. The Bertz CT molecular complexity index is 1040. The summed E-state index contributed by atoms with van der Waals surface area (Å²) in [6.07, 6.45) is 0.313. The Balaban J connectivity index is 1.75. The lowest BCUT2D eigenvalue weighted by atomic mass is 10.0. The molecule has 6 nitrogen and oxygen atoms in total. The largest absolute Gasteiger partial charge is 0.467 e. The standard InChI is InChI=1S/C23H22N2O4/c1-15(26)24-20-11-9-18(10-12-20)22(27)25-21(23(28)29-2)14-16-7-8-17-5-3-4-6-19(17)13-16/h3-13,21H,14H2,1-2H3,(H,24,26)(H,25,27)/t21-/m1/s1. The molecule has 0 unspecified atom stereocenters. The minimum Gasteiger partial charge on any atom is -0.467 e. The number of rotatable bonds is 6. The van der Waals surface area contributed by atoms with Crippen molar-refractivity contribution in [2.75, 3.05) is 12.4 Å². The van der Waals surface area contributed by atoms with Gasteiger partial charge in [0.05, 0.1) is 7.11 Å². The first kappa shape index (κ1) is 20.1. The monoisotopic (exact) mass is 390 g/mol. The van der Waals surface area contributed by atoms with Crippen LogP contribution in [-0.2, 0) is 20.7 Å². The number of nitrogens with one attached hydrogen (secondary N) is 2. The fourth-order valence-electron chi connectivity index (χ4n) is 3.09. The lowest BCUT2D eigenvalue weighted by molar-refractivity contribution is -0.142. The Morgan fingerprint density at radius 1 is 0.931 bits per heavy atom. The molecule has 0 aromatic heterocycles. The van der Waals surface area contributed by atoms with E-state index in [0.29, 0.717) is 17.7 Å². The van der Waals surface area contributed by atoms with Crippen molar-refractivity contribution in [3.05, 3.63) is 77.9 Å². The predicted octanol–water partition coefficient (Wildman–Crippen LogP) is 3.31. The van der Waals surface area contributed by atoms with E-state index in [9.17, 15) is 14.4 Å². The number of ether oxygens (including phenoxy) is 1. The number of hydrogen-bond acceptors (Lipinski definition) is 4. The van der Waals surface area contributed by atoms with Crippen molar-refractivity contribution < 1.29 is 19.1 Å². The molecule has 0 fully saturated rings. The average molecular weight is 390 g/mol. The number of carbonyl (C=O) groups is 3. The molecule has 3 aromatic carbocycles. The van der Waals surface area contributed by atoms with Crippen LogP contribution >= 0.6 is 0 Å². The molecule has 0 heterocycles. The van der Waals surface area contributed by atoms with Gasteiger partial charge in [0.2, 0.25) is 5.91 Å². The molecule has 0 saturated carbocycles. The van der Waals surface area contributed by atoms with Crippen LogP contribution < -0.4 is 10.6 Å². The zero-order chi connectivity index (χ0) is 20.8. The topological polar surface area (TPSA) is 84.5 Å². The van der Waals surface area contributed by atoms with E-state index >= 15 is 0 Å². The van der Waals surface area contributed by atoms with Gasteiger partial charge >= 0.3 is 5.97 Å². The summed E-state index contributed by atoms with van der Waals surface area (Å²) in [5.74, 6) is -1.10. The summed E-state index contributed by atoms with van der Waals surface area (Å²) in [4.78, 5) is 35.9. The van der Waals surface area contributed by atoms with E-state index in [1.54, 1.807) is 24.3 Å². The molecule has 29 heavy (non-hydrogen) atoms. The average Bonchev–Trinajstić information content (AvgIpc) is 2.72. The van der Waals surface area contributed by atoms with E-state index in [2.05, 4.69) is 10.6 Å². The highest BCUT2D eigenvalue weighted by atomic mass is 16.5. The van der Waals surface area contributed by atoms with Gasteiger partial charge in [-0.2, -0.15) is 0 Å². The van der Waals surface area contributed by atoms with Gasteiger partial charge in [0.1, 0.15) is 6.04 Å². The number of fused-ring (bicyclic) bond motifs is 1. The molecule has 0 saturated heterocycles. The van der Waals surface area contributed by atoms with Gasteiger partial charge in [-0.05, 0) is 40.6 Å². The number of carbonyl (C=O) groups excluding carboxylic acids is 3. The molecular formula is C23H22N2O4. The quantitative estimate of drug-likeness (QED) is 0.633. The molecular weight excluding hydrogens is 368 g/mol. The molecule has 0 aliphatic rings. The zero-order valence-electron chi connectivity index (χ0n) is 16.3. The Morgan fingerprint density at radius 2 is 1.62 bits per heavy atom. The molecule has 0 radical (unpaired) electrons. The van der Waals surface area contributed by atoms with E-state index in [1.165, 1.54) is 14.0 Å². The summed E-state index contributed by atoms with van der Waals surface area (Å²) in [7, 11) is 1.30. The normalized spacial score (nSPS) is 11.5. The highest BCUT2D eigenvalue weighted by Crippen LogP contribution is 2.17. The molecule has 0 spiro atoms. The minimum absolute atomic E-state index is 0.191. The van der Waals surface area contributed by atoms with E-state index in [1.807, 2.05) is 42.5 Å². The van der Waals surface area contributed by atoms with Gasteiger partial charge in [-0.3, -0.25) is 9.59 Å². The minimum atomic E-state index is -0.816. The van der Waals surface area contributed by atoms with Crippen LogP contribution in [0, 0.1) is 0 Å². The number of esters is 1. The maximum absolute atomic E-state index is 12.6. The molecule has 3 aromatic rings. The van der Waals surface area contributed by atoms with Crippen molar-refractivity contribution in [3.63, 3.8) is 0 Å². The fourth-order valence-corrected chi connectivity index (χ4v) is 3.09. The summed E-state index contributed by atoms with van der Waals surface area (Å²) >= 11 is 0. The molecule has 0 aliphatic carbocycles. The molecule has 2 amide bonds. The lowest BCUT2D eigenvalue weighted by Crippen LogP contribution is -2.43. The SMILES string of the molecule is COC(=O)[C@@H](Cc1ccc2ccccc2c1)NC(=O)c1ccc(NC(C)=O)cc1. The Labute approximate surface area is 168 Å². The van der Waals surface area contributed by atoms with E-state index in [-0.39, 0.29) is 5.91 Å². The maximum Gasteiger partial charge on any atom is 0.328 e. The molecule has 148 valence electrons. The first-order valence-electron chi connectivity index (χ1n) is 9.20. The molecule has 6 heteroatoms. The zero-order valence-corrected chi connectivity index (χ0v) is 16.3. The van der Waals surface area contributed by atoms with E-state index < -0.39 is 17.9 Å². The number of hydrogen-bond donors (Lipinski definition) is 2. The van der Waals surface area contributed by atoms with Crippen LogP contribution in [-0.4, -0.2) is 30.9 Å². The third-order valence-corrected chi connectivity index (χ3v) is 4.51. The van der Waals surface area contributed by atoms with Crippen LogP contribution in [0.25, 0.3) is 10.8 Å². The van der Waals surface area contributed by atoms with Gasteiger partial charge in [-0.1, -0.05) is 42.5 Å². The van der Waals surface area contributed by atoms with Crippen molar-refractivity contribution >= 4 is 34.2 Å². The highest BCUT2D eigenvalue weighted by Gasteiger charge is 2.22. The van der Waals surface area contributed by atoms with Crippen LogP contribution in [0.5, 0.6) is 0 Å². The van der Waals surface area contributed by atoms with Crippen LogP contribution in [0.2, 0.25) is 0 Å².